The smallest absolute Gasteiger partial charge is 0.217 e. The van der Waals surface area contributed by atoms with E-state index < -0.39 is 0 Å². The van der Waals surface area contributed by atoms with Gasteiger partial charge in [-0.05, 0) is 13.0 Å². The molecule has 3 rings (SSSR count). The first-order chi connectivity index (χ1) is 8.22. The summed E-state index contributed by atoms with van der Waals surface area (Å²) in [6.45, 7) is 2.05. The summed E-state index contributed by atoms with van der Waals surface area (Å²) in [7, 11) is 2.04. The Labute approximate surface area is 104 Å². The fourth-order valence-electron chi connectivity index (χ4n) is 2.23. The van der Waals surface area contributed by atoms with Gasteiger partial charge in [0.1, 0.15) is 7.05 Å². The second-order valence-electron chi connectivity index (χ2n) is 4.20. The third-order valence-corrected chi connectivity index (χ3v) is 3.48. The van der Waals surface area contributed by atoms with Crippen LogP contribution in [0, 0.1) is 6.92 Å². The third kappa shape index (κ3) is 1.42. The Morgan fingerprint density at radius 2 is 2.24 bits per heavy atom. The summed E-state index contributed by atoms with van der Waals surface area (Å²) in [6, 6.07) is 6.23. The van der Waals surface area contributed by atoms with Crippen molar-refractivity contribution in [1.29, 1.82) is 0 Å². The van der Waals surface area contributed by atoms with E-state index in [1.165, 1.54) is 5.52 Å². The number of nitrogens with zero attached hydrogens (tertiary/aromatic N) is 3. The Morgan fingerprint density at radius 1 is 1.41 bits per heavy atom. The lowest BCUT2D eigenvalue weighted by Gasteiger charge is -1.99. The molecule has 0 N–H and O–H groups in total. The quantitative estimate of drug-likeness (QED) is 0.477. The van der Waals surface area contributed by atoms with Crippen molar-refractivity contribution in [1.82, 2.24) is 9.38 Å². The average Bonchev–Trinajstić information content (AvgIpc) is 2.67. The highest BCUT2D eigenvalue weighted by atomic mass is 35.5. The molecule has 0 aliphatic carbocycles. The Hall–Kier alpha value is -1.61. The molecule has 86 valence electrons. The minimum absolute atomic E-state index is 0.452. The molecule has 0 atom stereocenters. The largest absolute Gasteiger partial charge is 0.303 e. The molecular weight excluding hydrogens is 234 g/mol. The van der Waals surface area contributed by atoms with Crippen LogP contribution in [0.25, 0.3) is 16.6 Å². The van der Waals surface area contributed by atoms with Crippen molar-refractivity contribution in [2.45, 2.75) is 12.8 Å². The first kappa shape index (κ1) is 10.5. The SMILES string of the molecule is Cc1c(CCl)nc2c3ccc[n+](C)c3ccn12. The standard InChI is InChI=1S/C13H13ClN3/c1-9-11(8-14)15-13-10-4-3-6-16(2)12(10)5-7-17(9)13/h3-7H,8H2,1-2H3/q+1. The Morgan fingerprint density at radius 3 is 3.00 bits per heavy atom. The monoisotopic (exact) mass is 246 g/mol. The number of pyridine rings is 2. The van der Waals surface area contributed by atoms with Crippen molar-refractivity contribution < 1.29 is 4.57 Å². The zero-order chi connectivity index (χ0) is 12.0. The number of imidazole rings is 1. The third-order valence-electron chi connectivity index (χ3n) is 3.23. The van der Waals surface area contributed by atoms with Gasteiger partial charge in [-0.15, -0.1) is 11.6 Å². The predicted octanol–water partition coefficient (Wildman–Crippen LogP) is 2.36. The van der Waals surface area contributed by atoms with Crippen LogP contribution in [0.15, 0.2) is 30.6 Å². The van der Waals surface area contributed by atoms with Crippen molar-refractivity contribution in [3.63, 3.8) is 0 Å². The molecule has 0 saturated heterocycles. The molecule has 0 aliphatic heterocycles. The van der Waals surface area contributed by atoms with Gasteiger partial charge in [0.2, 0.25) is 5.52 Å². The number of aromatic nitrogens is 3. The molecule has 0 aliphatic rings. The first-order valence-corrected chi connectivity index (χ1v) is 6.06. The highest BCUT2D eigenvalue weighted by molar-refractivity contribution is 6.17. The van der Waals surface area contributed by atoms with Gasteiger partial charge in [0.15, 0.2) is 11.8 Å². The van der Waals surface area contributed by atoms with Crippen molar-refractivity contribution in [3.8, 4) is 0 Å². The van der Waals surface area contributed by atoms with Crippen LogP contribution < -0.4 is 4.57 Å². The van der Waals surface area contributed by atoms with E-state index >= 15 is 0 Å². The van der Waals surface area contributed by atoms with Crippen LogP contribution in [0.2, 0.25) is 0 Å². The van der Waals surface area contributed by atoms with E-state index in [4.69, 9.17) is 11.6 Å². The molecule has 3 nitrogen and oxygen atoms in total. The second kappa shape index (κ2) is 3.70. The molecule has 3 aromatic heterocycles. The van der Waals surface area contributed by atoms with E-state index in [1.54, 1.807) is 0 Å². The molecule has 0 saturated carbocycles. The molecule has 0 bridgehead atoms. The number of hydrogen-bond donors (Lipinski definition) is 0. The Bertz CT molecular complexity index is 715. The lowest BCUT2D eigenvalue weighted by atomic mass is 10.2. The number of alkyl halides is 1. The number of rotatable bonds is 1. The van der Waals surface area contributed by atoms with Crippen LogP contribution in [0.4, 0.5) is 0 Å². The second-order valence-corrected chi connectivity index (χ2v) is 4.47. The number of hydrogen-bond acceptors (Lipinski definition) is 1. The average molecular weight is 247 g/mol. The minimum Gasteiger partial charge on any atom is -0.303 e. The van der Waals surface area contributed by atoms with Gasteiger partial charge in [-0.3, -0.25) is 0 Å². The van der Waals surface area contributed by atoms with Crippen LogP contribution in [0.5, 0.6) is 0 Å². The van der Waals surface area contributed by atoms with Gasteiger partial charge in [0.05, 0.1) is 17.0 Å². The van der Waals surface area contributed by atoms with E-state index in [0.717, 1.165) is 22.4 Å². The van der Waals surface area contributed by atoms with Gasteiger partial charge in [-0.2, -0.15) is 0 Å². The maximum Gasteiger partial charge on any atom is 0.217 e. The lowest BCUT2D eigenvalue weighted by molar-refractivity contribution is -0.644. The van der Waals surface area contributed by atoms with Crippen molar-refractivity contribution >= 4 is 28.2 Å². The topological polar surface area (TPSA) is 21.2 Å². The van der Waals surface area contributed by atoms with E-state index in [0.29, 0.717) is 5.88 Å². The maximum atomic E-state index is 5.91. The molecule has 0 spiro atoms. The van der Waals surface area contributed by atoms with E-state index in [-0.39, 0.29) is 0 Å². The summed E-state index contributed by atoms with van der Waals surface area (Å²) in [5, 5.41) is 1.15. The zero-order valence-corrected chi connectivity index (χ0v) is 10.6. The summed E-state index contributed by atoms with van der Waals surface area (Å²) in [6.07, 6.45) is 4.09. The minimum atomic E-state index is 0.452. The lowest BCUT2D eigenvalue weighted by Crippen LogP contribution is -2.27. The Kier molecular flexibility index (Phi) is 2.30. The molecule has 0 amide bonds. The van der Waals surface area contributed by atoms with Gasteiger partial charge in [-0.1, -0.05) is 0 Å². The molecule has 0 radical (unpaired) electrons. The fourth-order valence-corrected chi connectivity index (χ4v) is 2.48. The maximum absolute atomic E-state index is 5.91. The number of aryl methyl sites for hydroxylation is 2. The summed E-state index contributed by atoms with van der Waals surface area (Å²) >= 11 is 5.91. The highest BCUT2D eigenvalue weighted by Crippen LogP contribution is 2.20. The van der Waals surface area contributed by atoms with Gasteiger partial charge in [-0.25, -0.2) is 9.55 Å². The van der Waals surface area contributed by atoms with Gasteiger partial charge < -0.3 is 4.40 Å². The molecule has 4 heteroatoms. The molecular formula is C13H13ClN3+. The number of halogens is 1. The van der Waals surface area contributed by atoms with Crippen LogP contribution in [0.3, 0.4) is 0 Å². The van der Waals surface area contributed by atoms with E-state index in [2.05, 4.69) is 32.3 Å². The molecule has 17 heavy (non-hydrogen) atoms. The highest BCUT2D eigenvalue weighted by Gasteiger charge is 2.13. The van der Waals surface area contributed by atoms with Crippen LogP contribution in [-0.4, -0.2) is 9.38 Å². The van der Waals surface area contributed by atoms with Crippen LogP contribution in [0.1, 0.15) is 11.4 Å². The fraction of sp³-hybridized carbons (Fsp3) is 0.231. The summed E-state index contributed by atoms with van der Waals surface area (Å²) < 4.78 is 4.19. The summed E-state index contributed by atoms with van der Waals surface area (Å²) in [5.41, 5.74) is 4.21. The first-order valence-electron chi connectivity index (χ1n) is 5.53. The molecule has 0 fully saturated rings. The molecule has 3 aromatic rings. The van der Waals surface area contributed by atoms with E-state index in [9.17, 15) is 0 Å². The predicted molar refractivity (Wildman–Crippen MR) is 68.2 cm³/mol. The Balaban J connectivity index is 2.52. The van der Waals surface area contributed by atoms with E-state index in [1.807, 2.05) is 26.2 Å². The molecule has 3 heterocycles. The van der Waals surface area contributed by atoms with Gasteiger partial charge >= 0.3 is 0 Å². The van der Waals surface area contributed by atoms with Crippen molar-refractivity contribution in [3.05, 3.63) is 42.0 Å². The van der Waals surface area contributed by atoms with Gasteiger partial charge in [0.25, 0.3) is 0 Å². The van der Waals surface area contributed by atoms with Crippen molar-refractivity contribution in [2.24, 2.45) is 7.05 Å². The number of fused-ring (bicyclic) bond motifs is 3. The normalized spacial score (nSPS) is 11.5. The summed E-state index contributed by atoms with van der Waals surface area (Å²) in [4.78, 5) is 4.62. The summed E-state index contributed by atoms with van der Waals surface area (Å²) in [5.74, 6) is 0.452. The molecule has 0 aromatic carbocycles. The van der Waals surface area contributed by atoms with Crippen molar-refractivity contribution in [2.75, 3.05) is 0 Å². The molecule has 0 unspecified atom stereocenters. The van der Waals surface area contributed by atoms with Crippen LogP contribution >= 0.6 is 11.6 Å². The van der Waals surface area contributed by atoms with Crippen LogP contribution in [-0.2, 0) is 12.9 Å². The zero-order valence-electron chi connectivity index (χ0n) is 9.81. The van der Waals surface area contributed by atoms with Gasteiger partial charge in [0, 0.05) is 24.0 Å².